The number of nitrogens with zero attached hydrogens (tertiary/aromatic N) is 1. The van der Waals surface area contributed by atoms with Crippen molar-refractivity contribution in [2.45, 2.75) is 18.8 Å². The summed E-state index contributed by atoms with van der Waals surface area (Å²) >= 11 is 0. The van der Waals surface area contributed by atoms with Crippen LogP contribution in [0.4, 0.5) is 0 Å². The first-order chi connectivity index (χ1) is 16.4. The van der Waals surface area contributed by atoms with E-state index in [1.54, 1.807) is 0 Å². The minimum Gasteiger partial charge on any atom is -0.470 e. The monoisotopic (exact) mass is 427 g/mol. The molecule has 0 N–H and O–H groups in total. The van der Waals surface area contributed by atoms with Crippen molar-refractivity contribution in [1.29, 1.82) is 0 Å². The van der Waals surface area contributed by atoms with Crippen molar-refractivity contribution in [1.82, 2.24) is 4.90 Å². The third-order valence-corrected chi connectivity index (χ3v) is 6.48. The molecule has 5 aromatic carbocycles. The molecule has 2 heteroatoms. The van der Waals surface area contributed by atoms with Crippen LogP contribution in [-0.4, -0.2) is 4.90 Å². The maximum Gasteiger partial charge on any atom is 0.180 e. The Labute approximate surface area is 194 Å². The van der Waals surface area contributed by atoms with Gasteiger partial charge in [-0.2, -0.15) is 0 Å². The summed E-state index contributed by atoms with van der Waals surface area (Å²) in [5.41, 5.74) is 4.94. The SMILES string of the molecule is c1ccc(CN2[C@@H](c3ccccc3)c3c(ccc4ccccc34)O[C@@H]2c2ccccc2)cc1. The van der Waals surface area contributed by atoms with Gasteiger partial charge in [0.2, 0.25) is 0 Å². The van der Waals surface area contributed by atoms with E-state index in [9.17, 15) is 0 Å². The second-order valence-corrected chi connectivity index (χ2v) is 8.55. The highest BCUT2D eigenvalue weighted by Crippen LogP contribution is 2.48. The largest absolute Gasteiger partial charge is 0.470 e. The predicted molar refractivity (Wildman–Crippen MR) is 134 cm³/mol. The van der Waals surface area contributed by atoms with Gasteiger partial charge in [0.1, 0.15) is 5.75 Å². The fourth-order valence-corrected chi connectivity index (χ4v) is 4.99. The molecule has 5 aromatic rings. The lowest BCUT2D eigenvalue weighted by atomic mass is 9.89. The van der Waals surface area contributed by atoms with Gasteiger partial charge >= 0.3 is 0 Å². The van der Waals surface area contributed by atoms with Gasteiger partial charge in [0.25, 0.3) is 0 Å². The Kier molecular flexibility index (Phi) is 5.14. The first-order valence-corrected chi connectivity index (χ1v) is 11.5. The molecular formula is C31H25NO. The zero-order valence-corrected chi connectivity index (χ0v) is 18.3. The van der Waals surface area contributed by atoms with E-state index in [1.165, 1.54) is 27.5 Å². The molecule has 6 rings (SSSR count). The number of fused-ring (bicyclic) bond motifs is 3. The maximum absolute atomic E-state index is 6.79. The fourth-order valence-electron chi connectivity index (χ4n) is 4.99. The zero-order valence-electron chi connectivity index (χ0n) is 18.3. The molecule has 0 radical (unpaired) electrons. The molecule has 2 nitrogen and oxygen atoms in total. The van der Waals surface area contributed by atoms with Gasteiger partial charge in [0, 0.05) is 17.7 Å². The van der Waals surface area contributed by atoms with Crippen molar-refractivity contribution in [2.75, 3.05) is 0 Å². The molecule has 2 atom stereocenters. The second-order valence-electron chi connectivity index (χ2n) is 8.55. The molecule has 0 spiro atoms. The molecule has 0 amide bonds. The molecule has 0 fully saturated rings. The number of ether oxygens (including phenoxy) is 1. The van der Waals surface area contributed by atoms with Gasteiger partial charge in [-0.25, -0.2) is 4.90 Å². The van der Waals surface area contributed by atoms with Crippen molar-refractivity contribution in [2.24, 2.45) is 0 Å². The van der Waals surface area contributed by atoms with Crippen molar-refractivity contribution >= 4 is 10.8 Å². The average molecular weight is 428 g/mol. The summed E-state index contributed by atoms with van der Waals surface area (Å²) in [5, 5.41) is 2.48. The van der Waals surface area contributed by atoms with Gasteiger partial charge in [0.15, 0.2) is 6.23 Å². The molecule has 0 saturated heterocycles. The van der Waals surface area contributed by atoms with Crippen LogP contribution in [0.5, 0.6) is 5.75 Å². The zero-order chi connectivity index (χ0) is 22.0. The van der Waals surface area contributed by atoms with Crippen LogP contribution in [0.1, 0.15) is 34.5 Å². The lowest BCUT2D eigenvalue weighted by Gasteiger charge is -2.44. The summed E-state index contributed by atoms with van der Waals surface area (Å²) in [5.74, 6) is 0.959. The average Bonchev–Trinajstić information content (AvgIpc) is 2.90. The van der Waals surface area contributed by atoms with E-state index in [0.717, 1.165) is 17.9 Å². The lowest BCUT2D eigenvalue weighted by molar-refractivity contribution is -0.0251. The number of hydrogen-bond donors (Lipinski definition) is 0. The Morgan fingerprint density at radius 1 is 0.576 bits per heavy atom. The summed E-state index contributed by atoms with van der Waals surface area (Å²) in [6.07, 6.45) is -0.190. The first-order valence-electron chi connectivity index (χ1n) is 11.5. The highest BCUT2D eigenvalue weighted by atomic mass is 16.5. The predicted octanol–water partition coefficient (Wildman–Crippen LogP) is 7.52. The van der Waals surface area contributed by atoms with Crippen molar-refractivity contribution in [3.05, 3.63) is 150 Å². The van der Waals surface area contributed by atoms with Gasteiger partial charge in [-0.1, -0.05) is 121 Å². The second kappa shape index (κ2) is 8.57. The van der Waals surface area contributed by atoms with E-state index in [1.807, 2.05) is 0 Å². The van der Waals surface area contributed by atoms with E-state index >= 15 is 0 Å². The first kappa shape index (κ1) is 19.8. The Morgan fingerprint density at radius 2 is 1.18 bits per heavy atom. The van der Waals surface area contributed by atoms with Crippen molar-refractivity contribution < 1.29 is 4.74 Å². The van der Waals surface area contributed by atoms with Crippen LogP contribution in [0, 0.1) is 0 Å². The maximum atomic E-state index is 6.79. The molecule has 1 aliphatic heterocycles. The van der Waals surface area contributed by atoms with Crippen LogP contribution >= 0.6 is 0 Å². The molecule has 1 heterocycles. The minimum absolute atomic E-state index is 0.0615. The quantitative estimate of drug-likeness (QED) is 0.294. The van der Waals surface area contributed by atoms with E-state index in [4.69, 9.17) is 4.74 Å². The Hall–Kier alpha value is -3.88. The molecule has 160 valence electrons. The van der Waals surface area contributed by atoms with E-state index < -0.39 is 0 Å². The molecule has 0 bridgehead atoms. The summed E-state index contributed by atoms with van der Waals surface area (Å²) in [7, 11) is 0. The summed E-state index contributed by atoms with van der Waals surface area (Å²) in [4.78, 5) is 2.49. The molecule has 0 aliphatic carbocycles. The summed E-state index contributed by atoms with van der Waals surface area (Å²) in [6, 6.07) is 45.1. The fraction of sp³-hybridized carbons (Fsp3) is 0.0968. The van der Waals surface area contributed by atoms with Crippen LogP contribution in [-0.2, 0) is 6.54 Å². The highest BCUT2D eigenvalue weighted by Gasteiger charge is 2.38. The Morgan fingerprint density at radius 3 is 1.91 bits per heavy atom. The van der Waals surface area contributed by atoms with Gasteiger partial charge < -0.3 is 4.74 Å². The van der Waals surface area contributed by atoms with Gasteiger partial charge in [-0.05, 0) is 28.0 Å². The third kappa shape index (κ3) is 3.69. The van der Waals surface area contributed by atoms with Crippen LogP contribution in [0.3, 0.4) is 0 Å². The van der Waals surface area contributed by atoms with Crippen LogP contribution < -0.4 is 4.74 Å². The van der Waals surface area contributed by atoms with E-state index in [2.05, 4.69) is 132 Å². The molecule has 0 saturated carbocycles. The lowest BCUT2D eigenvalue weighted by Crippen LogP contribution is -2.40. The van der Waals surface area contributed by atoms with Crippen molar-refractivity contribution in [3.8, 4) is 5.75 Å². The number of hydrogen-bond acceptors (Lipinski definition) is 2. The molecule has 33 heavy (non-hydrogen) atoms. The van der Waals surface area contributed by atoms with Crippen LogP contribution in [0.15, 0.2) is 127 Å². The molecule has 1 aliphatic rings. The highest BCUT2D eigenvalue weighted by molar-refractivity contribution is 5.89. The molecule has 0 unspecified atom stereocenters. The number of rotatable bonds is 4. The summed E-state index contributed by atoms with van der Waals surface area (Å²) in [6.45, 7) is 0.780. The topological polar surface area (TPSA) is 12.5 Å². The number of benzene rings is 5. The third-order valence-electron chi connectivity index (χ3n) is 6.48. The Bertz CT molecular complexity index is 1370. The van der Waals surface area contributed by atoms with E-state index in [0.29, 0.717) is 0 Å². The van der Waals surface area contributed by atoms with Crippen LogP contribution in [0.2, 0.25) is 0 Å². The van der Waals surface area contributed by atoms with Gasteiger partial charge in [0.05, 0.1) is 6.04 Å². The Balaban J connectivity index is 1.60. The van der Waals surface area contributed by atoms with Gasteiger partial charge in [-0.15, -0.1) is 0 Å². The van der Waals surface area contributed by atoms with Crippen LogP contribution in [0.25, 0.3) is 10.8 Å². The summed E-state index contributed by atoms with van der Waals surface area (Å²) < 4.78 is 6.79. The minimum atomic E-state index is -0.190. The smallest absolute Gasteiger partial charge is 0.180 e. The van der Waals surface area contributed by atoms with E-state index in [-0.39, 0.29) is 12.3 Å². The molecule has 0 aromatic heterocycles. The normalized spacial score (nSPS) is 17.9. The van der Waals surface area contributed by atoms with Crippen molar-refractivity contribution in [3.63, 3.8) is 0 Å². The van der Waals surface area contributed by atoms with Gasteiger partial charge in [-0.3, -0.25) is 0 Å². The standard InChI is InChI=1S/C31H25NO/c1-4-12-23(13-5-1)22-32-30(25-15-6-2-7-16-25)29-27-19-11-10-14-24(27)20-21-28(29)33-31(32)26-17-8-3-9-18-26/h1-21,30-31H,22H2/t30-,31+/m0/s1. The molecular weight excluding hydrogens is 402 g/mol.